The smallest absolute Gasteiger partial charge is 0.0991 e. The Morgan fingerprint density at radius 2 is 2.00 bits per heavy atom. The summed E-state index contributed by atoms with van der Waals surface area (Å²) in [6.45, 7) is 4.49. The number of nitriles is 1. The van der Waals surface area contributed by atoms with Gasteiger partial charge in [0.25, 0.3) is 0 Å². The van der Waals surface area contributed by atoms with Crippen LogP contribution in [0.5, 0.6) is 0 Å². The summed E-state index contributed by atoms with van der Waals surface area (Å²) < 4.78 is 0. The summed E-state index contributed by atoms with van der Waals surface area (Å²) in [4.78, 5) is 2.46. The molecule has 2 heteroatoms. The van der Waals surface area contributed by atoms with E-state index in [-0.39, 0.29) is 0 Å². The summed E-state index contributed by atoms with van der Waals surface area (Å²) >= 11 is 0. The lowest BCUT2D eigenvalue weighted by molar-refractivity contribution is 0.576. The first kappa shape index (κ1) is 11.0. The first-order valence-corrected chi connectivity index (χ1v) is 6.13. The summed E-state index contributed by atoms with van der Waals surface area (Å²) in [7, 11) is 0. The number of benzene rings is 1. The highest BCUT2D eigenvalue weighted by atomic mass is 15.1. The third-order valence-corrected chi connectivity index (χ3v) is 3.29. The number of nitrogens with zero attached hydrogens (tertiary/aromatic N) is 2. The second-order valence-electron chi connectivity index (χ2n) is 4.36. The molecule has 84 valence electrons. The van der Waals surface area contributed by atoms with E-state index in [1.54, 1.807) is 0 Å². The van der Waals surface area contributed by atoms with Gasteiger partial charge in [-0.2, -0.15) is 5.26 Å². The zero-order valence-electron chi connectivity index (χ0n) is 9.87. The minimum absolute atomic E-state index is 0.776. The van der Waals surface area contributed by atoms with Crippen molar-refractivity contribution in [3.8, 4) is 6.07 Å². The van der Waals surface area contributed by atoms with Crippen molar-refractivity contribution < 1.29 is 0 Å². The fourth-order valence-electron chi connectivity index (χ4n) is 2.38. The number of hydrogen-bond donors (Lipinski definition) is 0. The normalized spacial score (nSPS) is 15.9. The van der Waals surface area contributed by atoms with Crippen molar-refractivity contribution in [2.75, 3.05) is 18.0 Å². The molecule has 0 bridgehead atoms. The zero-order valence-corrected chi connectivity index (χ0v) is 9.87. The lowest BCUT2D eigenvalue weighted by Gasteiger charge is -2.30. The predicted octanol–water partition coefficient (Wildman–Crippen LogP) is 3.11. The average molecular weight is 214 g/mol. The van der Waals surface area contributed by atoms with E-state index in [4.69, 9.17) is 5.26 Å². The Morgan fingerprint density at radius 3 is 2.62 bits per heavy atom. The van der Waals surface area contributed by atoms with E-state index in [1.165, 1.54) is 43.6 Å². The molecule has 0 amide bonds. The predicted molar refractivity (Wildman–Crippen MR) is 66.6 cm³/mol. The summed E-state index contributed by atoms with van der Waals surface area (Å²) in [6, 6.07) is 8.29. The number of rotatable bonds is 2. The van der Waals surface area contributed by atoms with Gasteiger partial charge in [-0.05, 0) is 49.4 Å². The number of anilines is 1. The van der Waals surface area contributed by atoms with Gasteiger partial charge in [0.15, 0.2) is 0 Å². The molecule has 1 aliphatic rings. The van der Waals surface area contributed by atoms with Crippen molar-refractivity contribution in [1.82, 2.24) is 0 Å². The molecule has 0 atom stereocenters. The Labute approximate surface area is 97.5 Å². The molecule has 0 aliphatic carbocycles. The number of hydrogen-bond acceptors (Lipinski definition) is 2. The van der Waals surface area contributed by atoms with E-state index in [0.717, 1.165) is 12.0 Å². The van der Waals surface area contributed by atoms with Crippen LogP contribution in [-0.2, 0) is 6.42 Å². The summed E-state index contributed by atoms with van der Waals surface area (Å²) in [5.41, 5.74) is 3.42. The van der Waals surface area contributed by atoms with E-state index >= 15 is 0 Å². The molecule has 2 nitrogen and oxygen atoms in total. The zero-order chi connectivity index (χ0) is 11.4. The first-order valence-electron chi connectivity index (χ1n) is 6.13. The molecule has 0 aromatic heterocycles. The molecule has 2 rings (SSSR count). The standard InChI is InChI=1S/C14H18N2/c1-2-13-10-12(11-15)6-7-14(13)16-8-4-3-5-9-16/h6-7,10H,2-5,8-9H2,1H3. The lowest BCUT2D eigenvalue weighted by Crippen LogP contribution is -2.30. The van der Waals surface area contributed by atoms with Crippen LogP contribution in [0.15, 0.2) is 18.2 Å². The molecule has 0 unspecified atom stereocenters. The van der Waals surface area contributed by atoms with Crippen molar-refractivity contribution in [2.24, 2.45) is 0 Å². The van der Waals surface area contributed by atoms with Gasteiger partial charge in [0.2, 0.25) is 0 Å². The van der Waals surface area contributed by atoms with Crippen molar-refractivity contribution in [3.63, 3.8) is 0 Å². The maximum atomic E-state index is 8.90. The topological polar surface area (TPSA) is 27.0 Å². The van der Waals surface area contributed by atoms with Gasteiger partial charge in [-0.25, -0.2) is 0 Å². The molecule has 1 aliphatic heterocycles. The molecule has 0 spiro atoms. The van der Waals surface area contributed by atoms with Crippen LogP contribution in [-0.4, -0.2) is 13.1 Å². The molecule has 1 aromatic carbocycles. The van der Waals surface area contributed by atoms with E-state index in [1.807, 2.05) is 12.1 Å². The molecular weight excluding hydrogens is 196 g/mol. The van der Waals surface area contributed by atoms with Crippen LogP contribution in [0.1, 0.15) is 37.3 Å². The highest BCUT2D eigenvalue weighted by Gasteiger charge is 2.13. The number of aryl methyl sites for hydroxylation is 1. The molecule has 0 radical (unpaired) electrons. The van der Waals surface area contributed by atoms with E-state index in [2.05, 4.69) is 24.0 Å². The highest BCUT2D eigenvalue weighted by molar-refractivity contribution is 5.57. The Bertz CT molecular complexity index is 398. The van der Waals surface area contributed by atoms with Gasteiger partial charge in [0.05, 0.1) is 11.6 Å². The van der Waals surface area contributed by atoms with Crippen LogP contribution in [0.3, 0.4) is 0 Å². The van der Waals surface area contributed by atoms with E-state index in [0.29, 0.717) is 0 Å². The molecule has 0 N–H and O–H groups in total. The summed E-state index contributed by atoms with van der Waals surface area (Å²) in [5.74, 6) is 0. The van der Waals surface area contributed by atoms with Crippen LogP contribution in [0.25, 0.3) is 0 Å². The van der Waals surface area contributed by atoms with Crippen LogP contribution >= 0.6 is 0 Å². The maximum absolute atomic E-state index is 8.90. The quantitative estimate of drug-likeness (QED) is 0.756. The van der Waals surface area contributed by atoms with Crippen LogP contribution < -0.4 is 4.90 Å². The summed E-state index contributed by atoms with van der Waals surface area (Å²) in [6.07, 6.45) is 4.95. The van der Waals surface area contributed by atoms with Crippen LogP contribution in [0.2, 0.25) is 0 Å². The number of piperidine rings is 1. The Kier molecular flexibility index (Phi) is 3.46. The second kappa shape index (κ2) is 5.03. The Hall–Kier alpha value is -1.49. The fraction of sp³-hybridized carbons (Fsp3) is 0.500. The molecular formula is C14H18N2. The van der Waals surface area contributed by atoms with E-state index < -0.39 is 0 Å². The fourth-order valence-corrected chi connectivity index (χ4v) is 2.38. The third-order valence-electron chi connectivity index (χ3n) is 3.29. The first-order chi connectivity index (χ1) is 7.85. The van der Waals surface area contributed by atoms with E-state index in [9.17, 15) is 0 Å². The van der Waals surface area contributed by atoms with Gasteiger partial charge >= 0.3 is 0 Å². The van der Waals surface area contributed by atoms with Crippen molar-refractivity contribution >= 4 is 5.69 Å². The van der Waals surface area contributed by atoms with Crippen molar-refractivity contribution in [1.29, 1.82) is 5.26 Å². The molecule has 1 heterocycles. The Morgan fingerprint density at radius 1 is 1.25 bits per heavy atom. The minimum Gasteiger partial charge on any atom is -0.371 e. The monoisotopic (exact) mass is 214 g/mol. The minimum atomic E-state index is 0.776. The summed E-state index contributed by atoms with van der Waals surface area (Å²) in [5, 5.41) is 8.90. The van der Waals surface area contributed by atoms with Crippen molar-refractivity contribution in [2.45, 2.75) is 32.6 Å². The highest BCUT2D eigenvalue weighted by Crippen LogP contribution is 2.25. The van der Waals surface area contributed by atoms with Crippen LogP contribution in [0, 0.1) is 11.3 Å². The van der Waals surface area contributed by atoms with Gasteiger partial charge in [0, 0.05) is 18.8 Å². The second-order valence-corrected chi connectivity index (χ2v) is 4.36. The van der Waals surface area contributed by atoms with Gasteiger partial charge in [-0.1, -0.05) is 6.92 Å². The van der Waals surface area contributed by atoms with Gasteiger partial charge in [0.1, 0.15) is 0 Å². The largest absolute Gasteiger partial charge is 0.371 e. The molecule has 16 heavy (non-hydrogen) atoms. The Balaban J connectivity index is 2.29. The van der Waals surface area contributed by atoms with Crippen molar-refractivity contribution in [3.05, 3.63) is 29.3 Å². The molecule has 0 saturated carbocycles. The van der Waals surface area contributed by atoms with Gasteiger partial charge < -0.3 is 4.90 Å². The van der Waals surface area contributed by atoms with Gasteiger partial charge in [-0.15, -0.1) is 0 Å². The molecule has 1 saturated heterocycles. The maximum Gasteiger partial charge on any atom is 0.0991 e. The molecule has 1 fully saturated rings. The average Bonchev–Trinajstić information content (AvgIpc) is 2.39. The molecule has 1 aromatic rings. The van der Waals surface area contributed by atoms with Gasteiger partial charge in [-0.3, -0.25) is 0 Å². The lowest BCUT2D eigenvalue weighted by atomic mass is 10.0. The SMILES string of the molecule is CCc1cc(C#N)ccc1N1CCCCC1. The van der Waals surface area contributed by atoms with Crippen LogP contribution in [0.4, 0.5) is 5.69 Å². The third kappa shape index (κ3) is 2.19.